The highest BCUT2D eigenvalue weighted by molar-refractivity contribution is 6.99. The molecule has 0 radical (unpaired) electrons. The Hall–Kier alpha value is -1.62. The van der Waals surface area contributed by atoms with Gasteiger partial charge in [0.2, 0.25) is 5.82 Å². The summed E-state index contributed by atoms with van der Waals surface area (Å²) in [5, 5.41) is 0. The maximum atomic E-state index is 5.91. The standard InChI is InChI=1S/C16H21N3OS/c1-12-7-6-8-13(2)19(12)15-16(18-21-17-15)20-11-14-9-4-3-5-10-14/h3-5,9-10,12-13H,6-8,11H2,1-2H3. The summed E-state index contributed by atoms with van der Waals surface area (Å²) in [6.07, 6.45) is 3.70. The van der Waals surface area contributed by atoms with E-state index in [0.29, 0.717) is 24.6 Å². The van der Waals surface area contributed by atoms with Crippen molar-refractivity contribution >= 4 is 17.5 Å². The predicted octanol–water partition coefficient (Wildman–Crippen LogP) is 3.88. The van der Waals surface area contributed by atoms with Gasteiger partial charge in [-0.15, -0.1) is 4.37 Å². The summed E-state index contributed by atoms with van der Waals surface area (Å²) in [6, 6.07) is 11.2. The Bertz CT molecular complexity index is 562. The molecule has 5 heteroatoms. The fourth-order valence-electron chi connectivity index (χ4n) is 2.99. The zero-order valence-electron chi connectivity index (χ0n) is 12.5. The zero-order valence-corrected chi connectivity index (χ0v) is 13.3. The third-order valence-corrected chi connectivity index (χ3v) is 4.60. The molecule has 2 heterocycles. The van der Waals surface area contributed by atoms with E-state index in [1.165, 1.54) is 31.0 Å². The van der Waals surface area contributed by atoms with Gasteiger partial charge < -0.3 is 9.64 Å². The van der Waals surface area contributed by atoms with Gasteiger partial charge in [-0.1, -0.05) is 30.3 Å². The molecule has 1 aliphatic heterocycles. The first-order valence-electron chi connectivity index (χ1n) is 7.53. The van der Waals surface area contributed by atoms with Crippen LogP contribution in [0.2, 0.25) is 0 Å². The summed E-state index contributed by atoms with van der Waals surface area (Å²) in [7, 11) is 0. The molecule has 0 spiro atoms. The van der Waals surface area contributed by atoms with Crippen molar-refractivity contribution in [1.82, 2.24) is 8.75 Å². The summed E-state index contributed by atoms with van der Waals surface area (Å²) in [5.74, 6) is 1.58. The van der Waals surface area contributed by atoms with Gasteiger partial charge in [0, 0.05) is 12.1 Å². The molecule has 0 amide bonds. The van der Waals surface area contributed by atoms with E-state index in [-0.39, 0.29) is 0 Å². The molecule has 4 nitrogen and oxygen atoms in total. The van der Waals surface area contributed by atoms with E-state index in [0.717, 1.165) is 11.4 Å². The zero-order chi connectivity index (χ0) is 14.7. The van der Waals surface area contributed by atoms with Crippen LogP contribution in [0.4, 0.5) is 5.82 Å². The molecule has 3 rings (SSSR count). The number of benzene rings is 1. The minimum Gasteiger partial charge on any atom is -0.470 e. The first-order chi connectivity index (χ1) is 10.3. The minimum absolute atomic E-state index is 0.497. The van der Waals surface area contributed by atoms with Crippen molar-refractivity contribution in [3.05, 3.63) is 35.9 Å². The Labute approximate surface area is 130 Å². The molecule has 1 aromatic heterocycles. The fourth-order valence-corrected chi connectivity index (χ4v) is 3.49. The summed E-state index contributed by atoms with van der Waals surface area (Å²) >= 11 is 1.23. The van der Waals surface area contributed by atoms with Crippen LogP contribution in [0.1, 0.15) is 38.7 Å². The van der Waals surface area contributed by atoms with Crippen LogP contribution in [0.25, 0.3) is 0 Å². The Kier molecular flexibility index (Phi) is 4.39. The lowest BCUT2D eigenvalue weighted by Gasteiger charge is -2.39. The smallest absolute Gasteiger partial charge is 0.271 e. The number of hydrogen-bond acceptors (Lipinski definition) is 5. The van der Waals surface area contributed by atoms with Crippen molar-refractivity contribution in [2.45, 2.75) is 51.8 Å². The number of hydrogen-bond donors (Lipinski definition) is 0. The molecular formula is C16H21N3OS. The molecule has 1 aromatic carbocycles. The monoisotopic (exact) mass is 303 g/mol. The molecule has 0 saturated carbocycles. The Balaban J connectivity index is 1.74. The van der Waals surface area contributed by atoms with Gasteiger partial charge in [-0.05, 0) is 38.7 Å². The van der Waals surface area contributed by atoms with Gasteiger partial charge in [-0.2, -0.15) is 4.37 Å². The molecule has 1 aliphatic rings. The number of aromatic nitrogens is 2. The molecule has 0 N–H and O–H groups in total. The minimum atomic E-state index is 0.497. The molecule has 1 saturated heterocycles. The first kappa shape index (κ1) is 14.3. The normalized spacial score (nSPS) is 22.3. The van der Waals surface area contributed by atoms with E-state index in [1.54, 1.807) is 0 Å². The lowest BCUT2D eigenvalue weighted by atomic mass is 9.98. The van der Waals surface area contributed by atoms with Crippen molar-refractivity contribution < 1.29 is 4.74 Å². The quantitative estimate of drug-likeness (QED) is 0.859. The second-order valence-electron chi connectivity index (χ2n) is 5.70. The van der Waals surface area contributed by atoms with E-state index in [1.807, 2.05) is 18.2 Å². The Morgan fingerprint density at radius 3 is 2.57 bits per heavy atom. The second kappa shape index (κ2) is 6.43. The number of anilines is 1. The van der Waals surface area contributed by atoms with Crippen molar-refractivity contribution in [3.63, 3.8) is 0 Å². The van der Waals surface area contributed by atoms with Gasteiger partial charge in [0.05, 0.1) is 11.7 Å². The molecule has 1 fully saturated rings. The highest BCUT2D eigenvalue weighted by Gasteiger charge is 2.29. The van der Waals surface area contributed by atoms with Crippen LogP contribution in [-0.4, -0.2) is 20.8 Å². The number of ether oxygens (including phenoxy) is 1. The maximum Gasteiger partial charge on any atom is 0.271 e. The van der Waals surface area contributed by atoms with E-state index in [4.69, 9.17) is 4.74 Å². The molecule has 2 atom stereocenters. The average molecular weight is 303 g/mol. The van der Waals surface area contributed by atoms with Gasteiger partial charge in [0.15, 0.2) is 0 Å². The van der Waals surface area contributed by atoms with Crippen LogP contribution in [-0.2, 0) is 6.61 Å². The van der Waals surface area contributed by atoms with Crippen LogP contribution >= 0.6 is 11.7 Å². The molecule has 112 valence electrons. The van der Waals surface area contributed by atoms with E-state index in [9.17, 15) is 0 Å². The number of rotatable bonds is 4. The number of nitrogens with zero attached hydrogens (tertiary/aromatic N) is 3. The van der Waals surface area contributed by atoms with Crippen molar-refractivity contribution in [2.24, 2.45) is 0 Å². The molecule has 2 unspecified atom stereocenters. The second-order valence-corrected chi connectivity index (χ2v) is 6.23. The lowest BCUT2D eigenvalue weighted by molar-refractivity contribution is 0.293. The highest BCUT2D eigenvalue weighted by atomic mass is 32.1. The Morgan fingerprint density at radius 2 is 1.86 bits per heavy atom. The van der Waals surface area contributed by atoms with Gasteiger partial charge in [-0.25, -0.2) is 0 Å². The van der Waals surface area contributed by atoms with Crippen molar-refractivity contribution in [3.8, 4) is 5.88 Å². The fraction of sp³-hybridized carbons (Fsp3) is 0.500. The summed E-state index contributed by atoms with van der Waals surface area (Å²) in [5.41, 5.74) is 1.15. The first-order valence-corrected chi connectivity index (χ1v) is 8.26. The maximum absolute atomic E-state index is 5.91. The van der Waals surface area contributed by atoms with Crippen LogP contribution in [0.15, 0.2) is 30.3 Å². The Morgan fingerprint density at radius 1 is 1.14 bits per heavy atom. The van der Waals surface area contributed by atoms with E-state index >= 15 is 0 Å². The average Bonchev–Trinajstić information content (AvgIpc) is 2.94. The number of piperidine rings is 1. The van der Waals surface area contributed by atoms with Crippen molar-refractivity contribution in [2.75, 3.05) is 4.90 Å². The van der Waals surface area contributed by atoms with Crippen molar-refractivity contribution in [1.29, 1.82) is 0 Å². The third kappa shape index (κ3) is 3.18. The van der Waals surface area contributed by atoms with Gasteiger partial charge >= 0.3 is 0 Å². The van der Waals surface area contributed by atoms with Crippen LogP contribution in [0, 0.1) is 0 Å². The van der Waals surface area contributed by atoms with Crippen LogP contribution < -0.4 is 9.64 Å². The molecule has 2 aromatic rings. The SMILES string of the molecule is CC1CCCC(C)N1c1nsnc1OCc1ccccc1. The van der Waals surface area contributed by atoms with Crippen LogP contribution in [0.5, 0.6) is 5.88 Å². The highest BCUT2D eigenvalue weighted by Crippen LogP contribution is 2.34. The lowest BCUT2D eigenvalue weighted by Crippen LogP contribution is -2.44. The van der Waals surface area contributed by atoms with Gasteiger partial charge in [-0.3, -0.25) is 0 Å². The summed E-state index contributed by atoms with van der Waals surface area (Å²) in [6.45, 7) is 5.06. The topological polar surface area (TPSA) is 38.2 Å². The van der Waals surface area contributed by atoms with E-state index in [2.05, 4.69) is 39.6 Å². The van der Waals surface area contributed by atoms with Crippen LogP contribution in [0.3, 0.4) is 0 Å². The predicted molar refractivity (Wildman–Crippen MR) is 85.9 cm³/mol. The van der Waals surface area contributed by atoms with Gasteiger partial charge in [0.1, 0.15) is 6.61 Å². The molecule has 21 heavy (non-hydrogen) atoms. The van der Waals surface area contributed by atoms with E-state index < -0.39 is 0 Å². The third-order valence-electron chi connectivity index (χ3n) is 4.10. The summed E-state index contributed by atoms with van der Waals surface area (Å²) < 4.78 is 14.7. The molecule has 0 bridgehead atoms. The summed E-state index contributed by atoms with van der Waals surface area (Å²) in [4.78, 5) is 2.37. The molecular weight excluding hydrogens is 282 g/mol. The van der Waals surface area contributed by atoms with Gasteiger partial charge in [0.25, 0.3) is 5.88 Å². The molecule has 0 aliphatic carbocycles. The largest absolute Gasteiger partial charge is 0.470 e.